The summed E-state index contributed by atoms with van der Waals surface area (Å²) in [7, 11) is 1.65. The third-order valence-electron chi connectivity index (χ3n) is 8.13. The van der Waals surface area contributed by atoms with Crippen LogP contribution in [0.1, 0.15) is 46.8 Å². The van der Waals surface area contributed by atoms with Crippen LogP contribution in [-0.4, -0.2) is 58.0 Å². The van der Waals surface area contributed by atoms with E-state index in [4.69, 9.17) is 15.5 Å². The zero-order valence-corrected chi connectivity index (χ0v) is 22.7. The maximum atomic E-state index is 13.4. The van der Waals surface area contributed by atoms with E-state index < -0.39 is 0 Å². The lowest BCUT2D eigenvalue weighted by molar-refractivity contribution is 0.0619. The van der Waals surface area contributed by atoms with Gasteiger partial charge in [0.1, 0.15) is 17.9 Å². The fourth-order valence-electron chi connectivity index (χ4n) is 5.99. The lowest BCUT2D eigenvalue weighted by Gasteiger charge is -2.37. The number of aryl methyl sites for hydroxylation is 1. The number of carbonyl (C=O) groups is 1. The van der Waals surface area contributed by atoms with E-state index in [1.807, 2.05) is 23.2 Å². The molecule has 1 amide bonds. The molecule has 0 aliphatic carbocycles. The van der Waals surface area contributed by atoms with Crippen molar-refractivity contribution in [1.82, 2.24) is 19.9 Å². The number of likely N-dealkylation sites (tertiary alicyclic amines) is 1. The number of benzene rings is 2. The quantitative estimate of drug-likeness (QED) is 0.421. The molecular formula is C31H34N6O2. The summed E-state index contributed by atoms with van der Waals surface area (Å²) < 4.78 is 5.39. The lowest BCUT2D eigenvalue weighted by atomic mass is 9.94. The molecule has 4 heterocycles. The molecule has 6 rings (SSSR count). The van der Waals surface area contributed by atoms with Crippen LogP contribution in [0.15, 0.2) is 55.1 Å². The second-order valence-corrected chi connectivity index (χ2v) is 10.8. The molecule has 2 aromatic heterocycles. The standard InChI is InChI=1S/C31H34N6O2/c1-19-10-23(24-13-27(39-3)16-33-15-24)14-28-29(19)34-18-35-30(28)36-8-6-21-4-5-22(12-25(21)17-36)31(38)37-9-7-26(32)11-20(37)2/h4-5,10,12-16,18,20,26H,6-9,11,17,32H2,1-3H3. The first-order valence-corrected chi connectivity index (χ1v) is 13.6. The number of pyridine rings is 1. The van der Waals surface area contributed by atoms with Crippen LogP contribution in [0.2, 0.25) is 0 Å². The van der Waals surface area contributed by atoms with Crippen LogP contribution in [-0.2, 0) is 13.0 Å². The first kappa shape index (κ1) is 25.2. The van der Waals surface area contributed by atoms with E-state index in [0.29, 0.717) is 13.1 Å². The molecule has 2 unspecified atom stereocenters. The predicted octanol–water partition coefficient (Wildman–Crippen LogP) is 4.52. The van der Waals surface area contributed by atoms with E-state index >= 15 is 0 Å². The van der Waals surface area contributed by atoms with Gasteiger partial charge in [-0.15, -0.1) is 0 Å². The van der Waals surface area contributed by atoms with Crippen LogP contribution < -0.4 is 15.4 Å². The first-order valence-electron chi connectivity index (χ1n) is 13.6. The Bertz CT molecular complexity index is 1550. The largest absolute Gasteiger partial charge is 0.495 e. The highest BCUT2D eigenvalue weighted by molar-refractivity contribution is 5.96. The molecule has 39 heavy (non-hydrogen) atoms. The summed E-state index contributed by atoms with van der Waals surface area (Å²) in [6.45, 7) is 6.41. The van der Waals surface area contributed by atoms with Gasteiger partial charge in [-0.1, -0.05) is 6.07 Å². The monoisotopic (exact) mass is 522 g/mol. The van der Waals surface area contributed by atoms with E-state index in [2.05, 4.69) is 53.0 Å². The van der Waals surface area contributed by atoms with Crippen LogP contribution in [0.25, 0.3) is 22.0 Å². The molecule has 1 saturated heterocycles. The van der Waals surface area contributed by atoms with Gasteiger partial charge in [-0.2, -0.15) is 0 Å². The fraction of sp³-hybridized carbons (Fsp3) is 0.355. The molecule has 2 N–H and O–H groups in total. The van der Waals surface area contributed by atoms with Crippen molar-refractivity contribution in [3.63, 3.8) is 0 Å². The SMILES string of the molecule is COc1cncc(-c2cc(C)c3ncnc(N4CCc5ccc(C(=O)N6CCC(N)CC6C)cc5C4)c3c2)c1. The number of methoxy groups -OCH3 is 1. The van der Waals surface area contributed by atoms with Crippen LogP contribution in [0, 0.1) is 6.92 Å². The first-order chi connectivity index (χ1) is 18.9. The van der Waals surface area contributed by atoms with Gasteiger partial charge in [0, 0.05) is 54.4 Å². The summed E-state index contributed by atoms with van der Waals surface area (Å²) in [5.41, 5.74) is 13.4. The Morgan fingerprint density at radius 2 is 1.92 bits per heavy atom. The van der Waals surface area contributed by atoms with Crippen molar-refractivity contribution in [2.45, 2.75) is 51.7 Å². The number of aromatic nitrogens is 3. The molecule has 0 radical (unpaired) electrons. The van der Waals surface area contributed by atoms with Crippen LogP contribution in [0.3, 0.4) is 0 Å². The minimum Gasteiger partial charge on any atom is -0.495 e. The molecule has 4 aromatic rings. The van der Waals surface area contributed by atoms with Gasteiger partial charge in [0.25, 0.3) is 5.91 Å². The molecule has 2 aromatic carbocycles. The van der Waals surface area contributed by atoms with E-state index in [0.717, 1.165) is 70.5 Å². The van der Waals surface area contributed by atoms with E-state index in [9.17, 15) is 4.79 Å². The van der Waals surface area contributed by atoms with E-state index in [1.165, 1.54) is 11.1 Å². The van der Waals surface area contributed by atoms with Crippen molar-refractivity contribution in [2.75, 3.05) is 25.1 Å². The zero-order valence-electron chi connectivity index (χ0n) is 22.7. The molecule has 2 aliphatic heterocycles. The second kappa shape index (κ2) is 10.3. The topological polar surface area (TPSA) is 97.5 Å². The van der Waals surface area contributed by atoms with Gasteiger partial charge in [-0.3, -0.25) is 9.78 Å². The van der Waals surface area contributed by atoms with Gasteiger partial charge >= 0.3 is 0 Å². The van der Waals surface area contributed by atoms with Gasteiger partial charge in [0.2, 0.25) is 0 Å². The number of piperidine rings is 1. The predicted molar refractivity (Wildman–Crippen MR) is 153 cm³/mol. The van der Waals surface area contributed by atoms with Crippen molar-refractivity contribution in [2.24, 2.45) is 5.73 Å². The van der Waals surface area contributed by atoms with Gasteiger partial charge in [0.15, 0.2) is 0 Å². The number of ether oxygens (including phenoxy) is 1. The van der Waals surface area contributed by atoms with Crippen molar-refractivity contribution < 1.29 is 9.53 Å². The number of anilines is 1. The summed E-state index contributed by atoms with van der Waals surface area (Å²) >= 11 is 0. The number of nitrogens with two attached hydrogens (primary N) is 1. The highest BCUT2D eigenvalue weighted by Gasteiger charge is 2.29. The number of carbonyl (C=O) groups excluding carboxylic acids is 1. The molecule has 8 nitrogen and oxygen atoms in total. The number of hydrogen-bond donors (Lipinski definition) is 1. The molecule has 2 aliphatic rings. The highest BCUT2D eigenvalue weighted by Crippen LogP contribution is 2.34. The van der Waals surface area contributed by atoms with Crippen LogP contribution in [0.5, 0.6) is 5.75 Å². The van der Waals surface area contributed by atoms with Crippen LogP contribution in [0.4, 0.5) is 5.82 Å². The molecule has 0 saturated carbocycles. The number of rotatable bonds is 4. The third kappa shape index (κ3) is 4.81. The minimum atomic E-state index is 0.0916. The Labute approximate surface area is 228 Å². The summed E-state index contributed by atoms with van der Waals surface area (Å²) in [5, 5.41) is 1.00. The van der Waals surface area contributed by atoms with Crippen molar-refractivity contribution in [3.8, 4) is 16.9 Å². The summed E-state index contributed by atoms with van der Waals surface area (Å²) in [6.07, 6.45) is 7.79. The maximum Gasteiger partial charge on any atom is 0.254 e. The minimum absolute atomic E-state index is 0.0916. The number of fused-ring (bicyclic) bond motifs is 2. The van der Waals surface area contributed by atoms with Crippen LogP contribution >= 0.6 is 0 Å². The van der Waals surface area contributed by atoms with Gasteiger partial charge in [-0.25, -0.2) is 9.97 Å². The summed E-state index contributed by atoms with van der Waals surface area (Å²) in [5.74, 6) is 1.71. The highest BCUT2D eigenvalue weighted by atomic mass is 16.5. The Kier molecular flexibility index (Phi) is 6.64. The van der Waals surface area contributed by atoms with Crippen molar-refractivity contribution >= 4 is 22.6 Å². The summed E-state index contributed by atoms with van der Waals surface area (Å²) in [6, 6.07) is 12.8. The van der Waals surface area contributed by atoms with Gasteiger partial charge in [-0.05, 0) is 85.7 Å². The molecular weight excluding hydrogens is 488 g/mol. The summed E-state index contributed by atoms with van der Waals surface area (Å²) in [4.78, 5) is 31.4. The van der Waals surface area contributed by atoms with Gasteiger partial charge < -0.3 is 20.3 Å². The number of nitrogens with zero attached hydrogens (tertiary/aromatic N) is 5. The van der Waals surface area contributed by atoms with Crippen molar-refractivity contribution in [3.05, 3.63) is 77.4 Å². The van der Waals surface area contributed by atoms with E-state index in [1.54, 1.807) is 19.6 Å². The molecule has 200 valence electrons. The average Bonchev–Trinajstić information content (AvgIpc) is 2.96. The smallest absolute Gasteiger partial charge is 0.254 e. The molecule has 0 bridgehead atoms. The normalized spacial score (nSPS) is 19.2. The third-order valence-corrected chi connectivity index (χ3v) is 8.13. The second-order valence-electron chi connectivity index (χ2n) is 10.8. The zero-order chi connectivity index (χ0) is 27.1. The Morgan fingerprint density at radius 3 is 2.74 bits per heavy atom. The maximum absolute atomic E-state index is 13.4. The Morgan fingerprint density at radius 1 is 1.05 bits per heavy atom. The molecule has 1 fully saturated rings. The average molecular weight is 523 g/mol. The molecule has 0 spiro atoms. The van der Waals surface area contributed by atoms with Crippen molar-refractivity contribution in [1.29, 1.82) is 0 Å². The Hall–Kier alpha value is -4.04. The van der Waals surface area contributed by atoms with Gasteiger partial charge in [0.05, 0.1) is 18.8 Å². The fourth-order valence-corrected chi connectivity index (χ4v) is 5.99. The number of amides is 1. The number of hydrogen-bond acceptors (Lipinski definition) is 7. The van der Waals surface area contributed by atoms with E-state index in [-0.39, 0.29) is 18.0 Å². The molecule has 2 atom stereocenters. The lowest BCUT2D eigenvalue weighted by Crippen LogP contribution is -2.48. The Balaban J connectivity index is 1.33. The molecule has 8 heteroatoms.